The molecule has 1 amide bonds. The number of benzene rings is 2. The molecule has 0 atom stereocenters. The molecule has 0 saturated carbocycles. The molecule has 5 rings (SSSR count). The minimum atomic E-state index is -0.728. The lowest BCUT2D eigenvalue weighted by Crippen LogP contribution is -2.30. The predicted octanol–water partition coefficient (Wildman–Crippen LogP) is 4.91. The highest BCUT2D eigenvalue weighted by molar-refractivity contribution is 6.42. The maximum Gasteiger partial charge on any atom is 0.293 e. The number of amides is 1. The number of nitrogens with one attached hydrogen (secondary N) is 1. The summed E-state index contributed by atoms with van der Waals surface area (Å²) in [6, 6.07) is 17.3. The Hall–Kier alpha value is -4.66. The number of carbonyl (C=O) groups excluding carboxylic acids is 3. The minimum absolute atomic E-state index is 0.0951. The van der Waals surface area contributed by atoms with Crippen LogP contribution in [0.3, 0.4) is 0 Å². The average Bonchev–Trinajstić information content (AvgIpc) is 3.32. The van der Waals surface area contributed by atoms with Gasteiger partial charge in [0.2, 0.25) is 5.78 Å². The van der Waals surface area contributed by atoms with Crippen LogP contribution in [0.5, 0.6) is 11.5 Å². The lowest BCUT2D eigenvalue weighted by atomic mass is 9.92. The Kier molecular flexibility index (Phi) is 6.82. The van der Waals surface area contributed by atoms with Crippen molar-refractivity contribution in [3.63, 3.8) is 0 Å². The van der Waals surface area contributed by atoms with Gasteiger partial charge in [0.25, 0.3) is 5.91 Å². The number of carbonyl (C=O) groups is 3. The molecule has 0 unspecified atom stereocenters. The zero-order valence-electron chi connectivity index (χ0n) is 21.8. The van der Waals surface area contributed by atoms with E-state index in [2.05, 4.69) is 31.1 Å². The van der Waals surface area contributed by atoms with Crippen LogP contribution in [0.1, 0.15) is 43.3 Å². The molecular weight excluding hydrogens is 499 g/mol. The van der Waals surface area contributed by atoms with Gasteiger partial charge in [0.15, 0.2) is 0 Å². The van der Waals surface area contributed by atoms with Gasteiger partial charge in [-0.15, -0.1) is 0 Å². The summed E-state index contributed by atoms with van der Waals surface area (Å²) in [6.07, 6.45) is 1.27. The van der Waals surface area contributed by atoms with Gasteiger partial charge in [-0.25, -0.2) is 14.1 Å². The molecule has 2 aromatic carbocycles. The third kappa shape index (κ3) is 5.62. The number of fused-ring (bicyclic) bond motifs is 1. The number of pyridine rings is 1. The number of para-hydroxylation sites is 1. The van der Waals surface area contributed by atoms with Crippen molar-refractivity contribution in [2.45, 2.75) is 45.4 Å². The van der Waals surface area contributed by atoms with Crippen LogP contribution in [0.15, 0.2) is 66.9 Å². The molecule has 9 heteroatoms. The summed E-state index contributed by atoms with van der Waals surface area (Å²) in [6.45, 7) is 6.18. The Bertz CT molecular complexity index is 1590. The molecule has 198 valence electrons. The number of nitrogens with zero attached hydrogens (tertiary/aromatic N) is 3. The van der Waals surface area contributed by atoms with Crippen LogP contribution in [-0.2, 0) is 39.1 Å². The second-order valence-corrected chi connectivity index (χ2v) is 10.5. The van der Waals surface area contributed by atoms with Crippen molar-refractivity contribution < 1.29 is 23.5 Å². The fraction of sp³-hybridized carbons (Fsp3) is 0.233. The molecule has 0 aliphatic carbocycles. The first-order valence-electron chi connectivity index (χ1n) is 12.5. The molecule has 0 fully saturated rings. The van der Waals surface area contributed by atoms with Gasteiger partial charge in [-0.05, 0) is 35.9 Å². The number of anilines is 1. The van der Waals surface area contributed by atoms with Crippen molar-refractivity contribution in [2.24, 2.45) is 0 Å². The third-order valence-corrected chi connectivity index (χ3v) is 6.41. The molecule has 1 aliphatic rings. The van der Waals surface area contributed by atoms with E-state index >= 15 is 4.39 Å². The molecule has 3 heterocycles. The number of Topliss-reactive ketones (excluding diaryl/α,β-unsaturated/α-hetero) is 2. The first kappa shape index (κ1) is 26.0. The van der Waals surface area contributed by atoms with Gasteiger partial charge in [0.05, 0.1) is 17.1 Å². The summed E-state index contributed by atoms with van der Waals surface area (Å²) in [5, 5.41) is 7.17. The highest BCUT2D eigenvalue weighted by Gasteiger charge is 2.27. The first-order chi connectivity index (χ1) is 18.6. The maximum absolute atomic E-state index is 15.0. The normalized spacial score (nSPS) is 13.1. The van der Waals surface area contributed by atoms with Crippen molar-refractivity contribution in [1.82, 2.24) is 14.8 Å². The van der Waals surface area contributed by atoms with E-state index in [1.54, 1.807) is 16.8 Å². The molecular formula is C30H27FN4O4. The first-order valence-corrected chi connectivity index (χ1v) is 12.5. The zero-order chi connectivity index (χ0) is 27.7. The van der Waals surface area contributed by atoms with Crippen LogP contribution in [0, 0.1) is 5.82 Å². The van der Waals surface area contributed by atoms with Crippen molar-refractivity contribution in [3.8, 4) is 17.2 Å². The molecule has 0 saturated heterocycles. The Balaban J connectivity index is 1.32. The van der Waals surface area contributed by atoms with Crippen molar-refractivity contribution in [3.05, 3.63) is 95.2 Å². The molecule has 8 nitrogen and oxygen atoms in total. The lowest BCUT2D eigenvalue weighted by Gasteiger charge is -2.18. The number of halogens is 1. The van der Waals surface area contributed by atoms with Gasteiger partial charge in [-0.1, -0.05) is 45.0 Å². The quantitative estimate of drug-likeness (QED) is 0.343. The summed E-state index contributed by atoms with van der Waals surface area (Å²) < 4.78 is 22.6. The summed E-state index contributed by atoms with van der Waals surface area (Å²) in [4.78, 5) is 40.6. The number of hydrogen-bond acceptors (Lipinski definition) is 6. The van der Waals surface area contributed by atoms with Crippen LogP contribution >= 0.6 is 0 Å². The van der Waals surface area contributed by atoms with E-state index in [1.165, 1.54) is 18.3 Å². The van der Waals surface area contributed by atoms with Gasteiger partial charge in [-0.3, -0.25) is 14.4 Å². The molecule has 0 radical (unpaired) electrons. The van der Waals surface area contributed by atoms with Gasteiger partial charge in [-0.2, -0.15) is 5.10 Å². The second kappa shape index (κ2) is 10.2. The monoisotopic (exact) mass is 526 g/mol. The highest BCUT2D eigenvalue weighted by atomic mass is 19.1. The smallest absolute Gasteiger partial charge is 0.293 e. The molecule has 1 N–H and O–H groups in total. The third-order valence-electron chi connectivity index (χ3n) is 6.41. The second-order valence-electron chi connectivity index (χ2n) is 10.5. The topological polar surface area (TPSA) is 103 Å². The molecule has 39 heavy (non-hydrogen) atoms. The van der Waals surface area contributed by atoms with Crippen LogP contribution < -0.4 is 10.1 Å². The molecule has 4 aromatic rings. The zero-order valence-corrected chi connectivity index (χ0v) is 21.8. The number of aromatic nitrogens is 3. The van der Waals surface area contributed by atoms with Gasteiger partial charge < -0.3 is 10.1 Å². The van der Waals surface area contributed by atoms with Crippen LogP contribution in [0.4, 0.5) is 10.2 Å². The summed E-state index contributed by atoms with van der Waals surface area (Å²) in [7, 11) is 0. The van der Waals surface area contributed by atoms with E-state index in [9.17, 15) is 14.4 Å². The fourth-order valence-corrected chi connectivity index (χ4v) is 4.31. The summed E-state index contributed by atoms with van der Waals surface area (Å²) >= 11 is 0. The van der Waals surface area contributed by atoms with E-state index in [0.717, 1.165) is 17.1 Å². The number of rotatable bonds is 7. The van der Waals surface area contributed by atoms with Gasteiger partial charge in [0, 0.05) is 42.5 Å². The Morgan fingerprint density at radius 2 is 1.82 bits per heavy atom. The Labute approximate surface area is 224 Å². The number of ketones is 2. The maximum atomic E-state index is 15.0. The molecule has 2 aromatic heterocycles. The van der Waals surface area contributed by atoms with Crippen molar-refractivity contribution in [1.29, 1.82) is 0 Å². The summed E-state index contributed by atoms with van der Waals surface area (Å²) in [5.41, 5.74) is 2.91. The Morgan fingerprint density at radius 3 is 2.54 bits per heavy atom. The average molecular weight is 527 g/mol. The van der Waals surface area contributed by atoms with Crippen LogP contribution in [0.2, 0.25) is 0 Å². The van der Waals surface area contributed by atoms with E-state index in [1.807, 2.05) is 36.4 Å². The predicted molar refractivity (Wildman–Crippen MR) is 143 cm³/mol. The fourth-order valence-electron chi connectivity index (χ4n) is 4.31. The molecule has 0 bridgehead atoms. The van der Waals surface area contributed by atoms with E-state index in [4.69, 9.17) is 9.84 Å². The standard InChI is InChI=1S/C30H27FN4O4/c1-30(2,3)27-15-20(35(34-27)19-7-5-4-6-8-19)14-21(36)13-18-9-10-22(16-24(18)31)39-26-11-12-32-28-23(26)17-25(37)29(38)33-28/h4-12,15-16H,13-14,17H2,1-3H3,(H,32,33,38). The number of hydrogen-bond donors (Lipinski definition) is 1. The lowest BCUT2D eigenvalue weighted by molar-refractivity contribution is -0.134. The van der Waals surface area contributed by atoms with Crippen molar-refractivity contribution >= 4 is 23.3 Å². The highest BCUT2D eigenvalue weighted by Crippen LogP contribution is 2.32. The minimum Gasteiger partial charge on any atom is -0.457 e. The van der Waals surface area contributed by atoms with E-state index in [-0.39, 0.29) is 47.6 Å². The van der Waals surface area contributed by atoms with Crippen molar-refractivity contribution in [2.75, 3.05) is 5.32 Å². The SMILES string of the molecule is CC(C)(C)c1cc(CC(=O)Cc2ccc(Oc3ccnc4c3CC(=O)C(=O)N4)cc2F)n(-c2ccccc2)n1. The van der Waals surface area contributed by atoms with Gasteiger partial charge >= 0.3 is 0 Å². The Morgan fingerprint density at radius 1 is 1.05 bits per heavy atom. The van der Waals surface area contributed by atoms with E-state index < -0.39 is 17.5 Å². The van der Waals surface area contributed by atoms with Crippen LogP contribution in [-0.4, -0.2) is 32.2 Å². The van der Waals surface area contributed by atoms with Crippen LogP contribution in [0.25, 0.3) is 5.69 Å². The van der Waals surface area contributed by atoms with E-state index in [0.29, 0.717) is 11.3 Å². The largest absolute Gasteiger partial charge is 0.457 e. The summed E-state index contributed by atoms with van der Waals surface area (Å²) in [5.74, 6) is -1.35. The molecule has 0 spiro atoms. The molecule has 1 aliphatic heterocycles. The number of ether oxygens (including phenoxy) is 1. The van der Waals surface area contributed by atoms with Gasteiger partial charge in [0.1, 0.15) is 28.9 Å².